The Balaban J connectivity index is 2.49. The third-order valence-corrected chi connectivity index (χ3v) is 2.49. The summed E-state index contributed by atoms with van der Waals surface area (Å²) in [5.74, 6) is -0.124. The van der Waals surface area contributed by atoms with E-state index in [1.807, 2.05) is 6.07 Å². The molecular formula is C13H11NO2. The molecule has 0 bridgehead atoms. The molecule has 3 heteroatoms. The number of nitrogens with one attached hydrogen (secondary N) is 1. The van der Waals surface area contributed by atoms with Gasteiger partial charge in [-0.3, -0.25) is 9.59 Å². The van der Waals surface area contributed by atoms with Gasteiger partial charge in [0, 0.05) is 11.8 Å². The summed E-state index contributed by atoms with van der Waals surface area (Å²) in [5, 5.41) is 0. The molecular weight excluding hydrogens is 202 g/mol. The maximum atomic E-state index is 12.1. The van der Waals surface area contributed by atoms with E-state index in [1.165, 1.54) is 0 Å². The van der Waals surface area contributed by atoms with Crippen molar-refractivity contribution < 1.29 is 9.59 Å². The SMILES string of the molecule is Cc1c[nH]c(C=O)c1C(=O)c1ccccc1. The summed E-state index contributed by atoms with van der Waals surface area (Å²) in [4.78, 5) is 25.7. The molecule has 1 N–H and O–H groups in total. The number of rotatable bonds is 3. The quantitative estimate of drug-likeness (QED) is 0.628. The molecule has 2 aromatic rings. The van der Waals surface area contributed by atoms with E-state index in [0.29, 0.717) is 23.1 Å². The van der Waals surface area contributed by atoms with Crippen molar-refractivity contribution in [3.63, 3.8) is 0 Å². The van der Waals surface area contributed by atoms with Crippen molar-refractivity contribution in [2.45, 2.75) is 6.92 Å². The van der Waals surface area contributed by atoms with Crippen molar-refractivity contribution in [1.29, 1.82) is 0 Å². The maximum Gasteiger partial charge on any atom is 0.195 e. The van der Waals surface area contributed by atoms with E-state index < -0.39 is 0 Å². The van der Waals surface area contributed by atoms with Crippen LogP contribution in [0.3, 0.4) is 0 Å². The Morgan fingerprint density at radius 2 is 1.94 bits per heavy atom. The second kappa shape index (κ2) is 4.14. The van der Waals surface area contributed by atoms with Crippen molar-refractivity contribution >= 4 is 12.1 Å². The summed E-state index contributed by atoms with van der Waals surface area (Å²) in [6.07, 6.45) is 2.34. The average Bonchev–Trinajstić information content (AvgIpc) is 2.70. The van der Waals surface area contributed by atoms with E-state index in [-0.39, 0.29) is 5.78 Å². The molecule has 3 nitrogen and oxygen atoms in total. The first-order valence-corrected chi connectivity index (χ1v) is 4.97. The van der Waals surface area contributed by atoms with Crippen molar-refractivity contribution in [3.05, 3.63) is 58.9 Å². The predicted molar refractivity (Wildman–Crippen MR) is 60.8 cm³/mol. The van der Waals surface area contributed by atoms with Gasteiger partial charge in [-0.2, -0.15) is 0 Å². The van der Waals surface area contributed by atoms with E-state index in [9.17, 15) is 9.59 Å². The molecule has 0 radical (unpaired) electrons. The molecule has 2 rings (SSSR count). The van der Waals surface area contributed by atoms with E-state index in [1.54, 1.807) is 37.4 Å². The van der Waals surface area contributed by atoms with Crippen LogP contribution in [0.5, 0.6) is 0 Å². The van der Waals surface area contributed by atoms with E-state index in [4.69, 9.17) is 0 Å². The minimum atomic E-state index is -0.124. The first-order chi connectivity index (χ1) is 7.74. The van der Waals surface area contributed by atoms with Crippen molar-refractivity contribution in [2.75, 3.05) is 0 Å². The third kappa shape index (κ3) is 1.67. The average molecular weight is 213 g/mol. The summed E-state index contributed by atoms with van der Waals surface area (Å²) in [7, 11) is 0. The number of aldehydes is 1. The summed E-state index contributed by atoms with van der Waals surface area (Å²) >= 11 is 0. The van der Waals surface area contributed by atoms with Crippen LogP contribution in [-0.4, -0.2) is 17.1 Å². The van der Waals surface area contributed by atoms with Crippen LogP contribution >= 0.6 is 0 Å². The zero-order valence-corrected chi connectivity index (χ0v) is 8.86. The Labute approximate surface area is 93.1 Å². The van der Waals surface area contributed by atoms with E-state index in [2.05, 4.69) is 4.98 Å². The third-order valence-electron chi connectivity index (χ3n) is 2.49. The fourth-order valence-electron chi connectivity index (χ4n) is 1.67. The van der Waals surface area contributed by atoms with Crippen molar-refractivity contribution in [3.8, 4) is 0 Å². The molecule has 1 heterocycles. The largest absolute Gasteiger partial charge is 0.358 e. The number of aryl methyl sites for hydroxylation is 1. The fourth-order valence-corrected chi connectivity index (χ4v) is 1.67. The predicted octanol–water partition coefficient (Wildman–Crippen LogP) is 2.37. The molecule has 0 fully saturated rings. The maximum absolute atomic E-state index is 12.1. The van der Waals surface area contributed by atoms with Crippen LogP contribution in [0.2, 0.25) is 0 Å². The first kappa shape index (κ1) is 10.4. The Morgan fingerprint density at radius 3 is 2.56 bits per heavy atom. The lowest BCUT2D eigenvalue weighted by Crippen LogP contribution is -2.04. The number of hydrogen-bond donors (Lipinski definition) is 1. The number of aromatic amines is 1. The molecule has 16 heavy (non-hydrogen) atoms. The molecule has 1 aromatic carbocycles. The number of hydrogen-bond acceptors (Lipinski definition) is 2. The van der Waals surface area contributed by atoms with Crippen LogP contribution in [0.15, 0.2) is 36.5 Å². The molecule has 0 saturated heterocycles. The molecule has 0 atom stereocenters. The molecule has 0 aliphatic heterocycles. The van der Waals surface area contributed by atoms with Gasteiger partial charge in [0.2, 0.25) is 0 Å². The first-order valence-electron chi connectivity index (χ1n) is 4.97. The molecule has 80 valence electrons. The molecule has 0 aliphatic rings. The molecule has 1 aromatic heterocycles. The van der Waals surface area contributed by atoms with Crippen LogP contribution in [0, 0.1) is 6.92 Å². The number of carbonyl (C=O) groups is 2. The summed E-state index contributed by atoms with van der Waals surface area (Å²) < 4.78 is 0. The second-order valence-electron chi connectivity index (χ2n) is 3.57. The topological polar surface area (TPSA) is 49.9 Å². The number of ketones is 1. The minimum absolute atomic E-state index is 0.124. The highest BCUT2D eigenvalue weighted by molar-refractivity contribution is 6.13. The Bertz CT molecular complexity index is 526. The van der Waals surface area contributed by atoms with Gasteiger partial charge in [-0.1, -0.05) is 30.3 Å². The second-order valence-corrected chi connectivity index (χ2v) is 3.57. The highest BCUT2D eigenvalue weighted by Gasteiger charge is 2.17. The van der Waals surface area contributed by atoms with Gasteiger partial charge in [-0.25, -0.2) is 0 Å². The molecule has 0 saturated carbocycles. The number of carbonyl (C=O) groups excluding carboxylic acids is 2. The highest BCUT2D eigenvalue weighted by Crippen LogP contribution is 2.16. The standard InChI is InChI=1S/C13H11NO2/c1-9-7-14-11(8-15)12(9)13(16)10-5-3-2-4-6-10/h2-8,14H,1H3. The highest BCUT2D eigenvalue weighted by atomic mass is 16.1. The summed E-state index contributed by atoms with van der Waals surface area (Å²) in [6.45, 7) is 1.81. The van der Waals surface area contributed by atoms with Gasteiger partial charge in [-0.15, -0.1) is 0 Å². The van der Waals surface area contributed by atoms with E-state index in [0.717, 1.165) is 5.56 Å². The van der Waals surface area contributed by atoms with Gasteiger partial charge >= 0.3 is 0 Å². The monoisotopic (exact) mass is 213 g/mol. The van der Waals surface area contributed by atoms with Crippen LogP contribution in [-0.2, 0) is 0 Å². The lowest BCUT2D eigenvalue weighted by molar-refractivity contribution is 0.102. The van der Waals surface area contributed by atoms with Crippen LogP contribution < -0.4 is 0 Å². The summed E-state index contributed by atoms with van der Waals surface area (Å²) in [6, 6.07) is 8.93. The van der Waals surface area contributed by atoms with Crippen LogP contribution in [0.4, 0.5) is 0 Å². The van der Waals surface area contributed by atoms with Gasteiger partial charge in [0.15, 0.2) is 12.1 Å². The summed E-state index contributed by atoms with van der Waals surface area (Å²) in [5.41, 5.74) is 2.18. The van der Waals surface area contributed by atoms with Gasteiger partial charge in [0.25, 0.3) is 0 Å². The lowest BCUT2D eigenvalue weighted by atomic mass is 10.0. The van der Waals surface area contributed by atoms with Gasteiger partial charge in [0.1, 0.15) is 0 Å². The Hall–Kier alpha value is -2.16. The van der Waals surface area contributed by atoms with Gasteiger partial charge in [-0.05, 0) is 12.5 Å². The smallest absolute Gasteiger partial charge is 0.195 e. The zero-order chi connectivity index (χ0) is 11.5. The van der Waals surface area contributed by atoms with Gasteiger partial charge in [0.05, 0.1) is 11.3 Å². The number of benzene rings is 1. The Kier molecular flexibility index (Phi) is 2.68. The molecule has 0 amide bonds. The van der Waals surface area contributed by atoms with Crippen molar-refractivity contribution in [2.24, 2.45) is 0 Å². The zero-order valence-electron chi connectivity index (χ0n) is 8.86. The Morgan fingerprint density at radius 1 is 1.25 bits per heavy atom. The van der Waals surface area contributed by atoms with Crippen LogP contribution in [0.1, 0.15) is 32.0 Å². The van der Waals surface area contributed by atoms with E-state index >= 15 is 0 Å². The number of aromatic nitrogens is 1. The molecule has 0 aliphatic carbocycles. The van der Waals surface area contributed by atoms with Crippen LogP contribution in [0.25, 0.3) is 0 Å². The number of H-pyrrole nitrogens is 1. The normalized spacial score (nSPS) is 10.1. The minimum Gasteiger partial charge on any atom is -0.358 e. The fraction of sp³-hybridized carbons (Fsp3) is 0.0769. The van der Waals surface area contributed by atoms with Crippen molar-refractivity contribution in [1.82, 2.24) is 4.98 Å². The molecule has 0 spiro atoms. The van der Waals surface area contributed by atoms with Gasteiger partial charge < -0.3 is 4.98 Å². The lowest BCUT2D eigenvalue weighted by Gasteiger charge is -2.00. The molecule has 0 unspecified atom stereocenters.